The van der Waals surface area contributed by atoms with E-state index in [0.717, 1.165) is 28.1 Å². The Hall–Kier alpha value is -2.29. The van der Waals surface area contributed by atoms with Crippen LogP contribution in [0.15, 0.2) is 42.5 Å². The van der Waals surface area contributed by atoms with Crippen LogP contribution in [0.25, 0.3) is 22.4 Å². The van der Waals surface area contributed by atoms with Gasteiger partial charge in [0.2, 0.25) is 0 Å². The Labute approximate surface area is 112 Å². The Morgan fingerprint density at radius 3 is 2.68 bits per heavy atom. The standard InChI is InChI=1S/C16H17N3/c1-11-5-4-6-12(9-11)16-18-14-10-13(17-2)7-8-15(14)19(16)3/h4-10,17H,1-3H3. The maximum Gasteiger partial charge on any atom is 0.140 e. The molecule has 19 heavy (non-hydrogen) atoms. The highest BCUT2D eigenvalue weighted by Gasteiger charge is 2.10. The SMILES string of the molecule is CNc1ccc2c(c1)nc(-c1cccc(C)c1)n2C. The van der Waals surface area contributed by atoms with Crippen molar-refractivity contribution in [1.82, 2.24) is 9.55 Å². The molecule has 0 saturated heterocycles. The van der Waals surface area contributed by atoms with Crippen LogP contribution in [0.3, 0.4) is 0 Å². The second-order valence-electron chi connectivity index (χ2n) is 4.82. The summed E-state index contributed by atoms with van der Waals surface area (Å²) in [4.78, 5) is 4.76. The number of rotatable bonds is 2. The molecular weight excluding hydrogens is 234 g/mol. The third-order valence-corrected chi connectivity index (χ3v) is 3.45. The van der Waals surface area contributed by atoms with E-state index in [1.165, 1.54) is 5.56 Å². The number of aromatic nitrogens is 2. The molecule has 2 aromatic carbocycles. The normalized spacial score (nSPS) is 10.9. The average Bonchev–Trinajstić information content (AvgIpc) is 2.75. The minimum atomic E-state index is 1.01. The van der Waals surface area contributed by atoms with Crippen LogP contribution >= 0.6 is 0 Å². The molecular formula is C16H17N3. The molecule has 3 aromatic rings. The van der Waals surface area contributed by atoms with Crippen LogP contribution < -0.4 is 5.32 Å². The smallest absolute Gasteiger partial charge is 0.140 e. The van der Waals surface area contributed by atoms with Crippen molar-refractivity contribution in [2.45, 2.75) is 6.92 Å². The van der Waals surface area contributed by atoms with Crippen molar-refractivity contribution in [3.05, 3.63) is 48.0 Å². The third kappa shape index (κ3) is 1.97. The minimum absolute atomic E-state index is 1.01. The summed E-state index contributed by atoms with van der Waals surface area (Å²) in [7, 11) is 3.98. The van der Waals surface area contributed by atoms with Gasteiger partial charge in [-0.1, -0.05) is 23.8 Å². The molecule has 3 rings (SSSR count). The Balaban J connectivity index is 2.22. The Morgan fingerprint density at radius 2 is 1.95 bits per heavy atom. The number of hydrogen-bond donors (Lipinski definition) is 1. The van der Waals surface area contributed by atoms with Crippen LogP contribution in [0, 0.1) is 6.92 Å². The average molecular weight is 251 g/mol. The Bertz CT molecular complexity index is 741. The number of imidazole rings is 1. The van der Waals surface area contributed by atoms with Crippen molar-refractivity contribution in [1.29, 1.82) is 0 Å². The summed E-state index contributed by atoms with van der Waals surface area (Å²) in [5.74, 6) is 1.01. The molecule has 96 valence electrons. The van der Waals surface area contributed by atoms with E-state index in [2.05, 4.69) is 66.3 Å². The topological polar surface area (TPSA) is 29.9 Å². The van der Waals surface area contributed by atoms with Gasteiger partial charge >= 0.3 is 0 Å². The summed E-state index contributed by atoms with van der Waals surface area (Å²) >= 11 is 0. The van der Waals surface area contributed by atoms with Crippen molar-refractivity contribution >= 4 is 16.7 Å². The number of hydrogen-bond acceptors (Lipinski definition) is 2. The number of nitrogens with zero attached hydrogens (tertiary/aromatic N) is 2. The summed E-state index contributed by atoms with van der Waals surface area (Å²) < 4.78 is 2.14. The van der Waals surface area contributed by atoms with Gasteiger partial charge in [0.1, 0.15) is 5.82 Å². The van der Waals surface area contributed by atoms with Crippen LogP contribution in [0.1, 0.15) is 5.56 Å². The molecule has 0 aliphatic carbocycles. The van der Waals surface area contributed by atoms with Crippen LogP contribution in [0.2, 0.25) is 0 Å². The van der Waals surface area contributed by atoms with Crippen molar-refractivity contribution in [3.8, 4) is 11.4 Å². The lowest BCUT2D eigenvalue weighted by Crippen LogP contribution is -1.92. The van der Waals surface area contributed by atoms with Gasteiger partial charge in [-0.05, 0) is 31.2 Å². The lowest BCUT2D eigenvalue weighted by Gasteiger charge is -2.03. The van der Waals surface area contributed by atoms with Gasteiger partial charge in [0.25, 0.3) is 0 Å². The molecule has 3 heteroatoms. The molecule has 1 N–H and O–H groups in total. The Morgan fingerprint density at radius 1 is 1.11 bits per heavy atom. The Kier molecular flexibility index (Phi) is 2.75. The highest BCUT2D eigenvalue weighted by molar-refractivity contribution is 5.83. The highest BCUT2D eigenvalue weighted by atomic mass is 15.1. The van der Waals surface area contributed by atoms with Gasteiger partial charge < -0.3 is 9.88 Å². The molecule has 0 atom stereocenters. The number of aryl methyl sites for hydroxylation is 2. The lowest BCUT2D eigenvalue weighted by atomic mass is 10.1. The zero-order valence-corrected chi connectivity index (χ0v) is 11.4. The fourth-order valence-electron chi connectivity index (χ4n) is 2.40. The van der Waals surface area contributed by atoms with Crippen LogP contribution in [0.4, 0.5) is 5.69 Å². The molecule has 0 spiro atoms. The molecule has 1 aromatic heterocycles. The largest absolute Gasteiger partial charge is 0.388 e. The number of fused-ring (bicyclic) bond motifs is 1. The molecule has 0 fully saturated rings. The number of anilines is 1. The predicted octanol–water partition coefficient (Wildman–Crippen LogP) is 3.59. The van der Waals surface area contributed by atoms with Gasteiger partial charge in [-0.2, -0.15) is 0 Å². The summed E-state index contributed by atoms with van der Waals surface area (Å²) in [6, 6.07) is 14.7. The molecule has 0 unspecified atom stereocenters. The first-order valence-corrected chi connectivity index (χ1v) is 6.40. The zero-order chi connectivity index (χ0) is 13.4. The van der Waals surface area contributed by atoms with Crippen LogP contribution in [0.5, 0.6) is 0 Å². The quantitative estimate of drug-likeness (QED) is 0.754. The number of benzene rings is 2. The van der Waals surface area contributed by atoms with Gasteiger partial charge in [0, 0.05) is 25.3 Å². The maximum atomic E-state index is 4.76. The van der Waals surface area contributed by atoms with E-state index in [9.17, 15) is 0 Å². The van der Waals surface area contributed by atoms with Crippen molar-refractivity contribution < 1.29 is 0 Å². The molecule has 0 aliphatic rings. The molecule has 1 heterocycles. The molecule has 0 saturated carbocycles. The molecule has 0 aliphatic heterocycles. The van der Waals surface area contributed by atoms with Gasteiger partial charge in [0.15, 0.2) is 0 Å². The number of nitrogens with one attached hydrogen (secondary N) is 1. The first-order valence-electron chi connectivity index (χ1n) is 6.40. The molecule has 3 nitrogen and oxygen atoms in total. The summed E-state index contributed by atoms with van der Waals surface area (Å²) in [5, 5.41) is 3.15. The van der Waals surface area contributed by atoms with E-state index < -0.39 is 0 Å². The lowest BCUT2D eigenvalue weighted by molar-refractivity contribution is 0.959. The van der Waals surface area contributed by atoms with Crippen molar-refractivity contribution in [2.75, 3.05) is 12.4 Å². The van der Waals surface area contributed by atoms with Gasteiger partial charge in [-0.25, -0.2) is 4.98 Å². The first kappa shape index (κ1) is 11.8. The van der Waals surface area contributed by atoms with Crippen molar-refractivity contribution in [2.24, 2.45) is 7.05 Å². The molecule has 0 bridgehead atoms. The van der Waals surface area contributed by atoms with Crippen LogP contribution in [-0.4, -0.2) is 16.6 Å². The monoisotopic (exact) mass is 251 g/mol. The summed E-state index contributed by atoms with van der Waals surface area (Å²) in [6.07, 6.45) is 0. The van der Waals surface area contributed by atoms with E-state index in [0.29, 0.717) is 0 Å². The van der Waals surface area contributed by atoms with E-state index in [-0.39, 0.29) is 0 Å². The predicted molar refractivity (Wildman–Crippen MR) is 80.4 cm³/mol. The third-order valence-electron chi connectivity index (χ3n) is 3.45. The van der Waals surface area contributed by atoms with E-state index >= 15 is 0 Å². The van der Waals surface area contributed by atoms with Crippen molar-refractivity contribution in [3.63, 3.8) is 0 Å². The second kappa shape index (κ2) is 4.43. The van der Waals surface area contributed by atoms with E-state index in [1.54, 1.807) is 0 Å². The summed E-state index contributed by atoms with van der Waals surface area (Å²) in [5.41, 5.74) is 5.66. The van der Waals surface area contributed by atoms with E-state index in [1.807, 2.05) is 7.05 Å². The van der Waals surface area contributed by atoms with Gasteiger partial charge in [0.05, 0.1) is 11.0 Å². The fourth-order valence-corrected chi connectivity index (χ4v) is 2.40. The first-order chi connectivity index (χ1) is 9.19. The zero-order valence-electron chi connectivity index (χ0n) is 11.4. The second-order valence-corrected chi connectivity index (χ2v) is 4.82. The molecule has 0 amide bonds. The maximum absolute atomic E-state index is 4.76. The van der Waals surface area contributed by atoms with E-state index in [4.69, 9.17) is 4.98 Å². The van der Waals surface area contributed by atoms with Crippen LogP contribution in [-0.2, 0) is 7.05 Å². The molecule has 0 radical (unpaired) electrons. The fraction of sp³-hybridized carbons (Fsp3) is 0.188. The van der Waals surface area contributed by atoms with Gasteiger partial charge in [-0.3, -0.25) is 0 Å². The summed E-state index contributed by atoms with van der Waals surface area (Å²) in [6.45, 7) is 2.10. The highest BCUT2D eigenvalue weighted by Crippen LogP contribution is 2.25. The van der Waals surface area contributed by atoms with Gasteiger partial charge in [-0.15, -0.1) is 0 Å². The minimum Gasteiger partial charge on any atom is -0.388 e.